The van der Waals surface area contributed by atoms with Crippen LogP contribution >= 0.6 is 0 Å². The third kappa shape index (κ3) is 9.64. The molecule has 7 aromatic carbocycles. The first kappa shape index (κ1) is 53.1. The van der Waals surface area contributed by atoms with Gasteiger partial charge in [0, 0.05) is 39.7 Å². The third-order valence-electron chi connectivity index (χ3n) is 16.3. The zero-order valence-electron chi connectivity index (χ0n) is 50.0. The van der Waals surface area contributed by atoms with Gasteiger partial charge in [-0.05, 0) is 171 Å². The molecule has 76 heavy (non-hydrogen) atoms. The molecular formula is C71H84BN3O. The van der Waals surface area contributed by atoms with E-state index in [4.69, 9.17) is 9.40 Å². The minimum absolute atomic E-state index is 0.0692. The van der Waals surface area contributed by atoms with Crippen LogP contribution in [0.15, 0.2) is 132 Å². The summed E-state index contributed by atoms with van der Waals surface area (Å²) >= 11 is 0. The molecule has 0 unspecified atom stereocenters. The highest BCUT2D eigenvalue weighted by Gasteiger charge is 2.46. The third-order valence-corrected chi connectivity index (χ3v) is 16.3. The summed E-state index contributed by atoms with van der Waals surface area (Å²) in [7, 11) is 0. The molecule has 3 heterocycles. The van der Waals surface area contributed by atoms with Crippen LogP contribution in [0.3, 0.4) is 0 Å². The first-order valence-corrected chi connectivity index (χ1v) is 28.0. The van der Waals surface area contributed by atoms with Gasteiger partial charge in [-0.1, -0.05) is 206 Å². The first-order chi connectivity index (χ1) is 35.1. The summed E-state index contributed by atoms with van der Waals surface area (Å²) in [5.74, 6) is 0.620. The van der Waals surface area contributed by atoms with Crippen LogP contribution in [0.4, 0.5) is 34.1 Å². The van der Waals surface area contributed by atoms with Crippen LogP contribution in [-0.2, 0) is 37.9 Å². The molecule has 0 radical (unpaired) electrons. The molecule has 2 aliphatic heterocycles. The minimum Gasteiger partial charge on any atom is -0.436 e. The Kier molecular flexibility index (Phi) is 12.3. The van der Waals surface area contributed by atoms with Gasteiger partial charge >= 0.3 is 0 Å². The van der Waals surface area contributed by atoms with Crippen LogP contribution < -0.4 is 26.2 Å². The van der Waals surface area contributed by atoms with Crippen molar-refractivity contribution in [3.63, 3.8) is 0 Å². The fourth-order valence-corrected chi connectivity index (χ4v) is 11.2. The highest BCUT2D eigenvalue weighted by Crippen LogP contribution is 2.49. The second-order valence-electron chi connectivity index (χ2n) is 29.6. The maximum absolute atomic E-state index is 6.99. The summed E-state index contributed by atoms with van der Waals surface area (Å²) in [5, 5.41) is 0. The van der Waals surface area contributed by atoms with Crippen LogP contribution in [0.25, 0.3) is 33.7 Å². The smallest absolute Gasteiger partial charge is 0.252 e. The maximum atomic E-state index is 6.99. The molecule has 5 heteroatoms. The Balaban J connectivity index is 1.29. The largest absolute Gasteiger partial charge is 0.436 e. The normalized spacial score (nSPS) is 14.3. The number of hydrogen-bond acceptors (Lipinski definition) is 4. The van der Waals surface area contributed by atoms with Gasteiger partial charge < -0.3 is 14.2 Å². The molecule has 2 aliphatic rings. The number of hydrogen-bond donors (Lipinski definition) is 0. The van der Waals surface area contributed by atoms with E-state index in [1.165, 1.54) is 89.2 Å². The lowest BCUT2D eigenvalue weighted by Gasteiger charge is -2.46. The lowest BCUT2D eigenvalue weighted by atomic mass is 9.33. The Labute approximate surface area is 457 Å². The maximum Gasteiger partial charge on any atom is 0.252 e. The van der Waals surface area contributed by atoms with E-state index in [0.717, 1.165) is 28.0 Å². The van der Waals surface area contributed by atoms with E-state index < -0.39 is 0 Å². The summed E-state index contributed by atoms with van der Waals surface area (Å²) in [5.41, 5.74) is 24.6. The minimum atomic E-state index is -0.168. The molecule has 8 aromatic rings. The van der Waals surface area contributed by atoms with Crippen molar-refractivity contribution in [2.24, 2.45) is 0 Å². The van der Waals surface area contributed by atoms with Crippen LogP contribution in [0.5, 0.6) is 0 Å². The number of anilines is 6. The van der Waals surface area contributed by atoms with Gasteiger partial charge in [-0.15, -0.1) is 0 Å². The van der Waals surface area contributed by atoms with E-state index in [1.54, 1.807) is 0 Å². The monoisotopic (exact) mass is 1010 g/mol. The molecule has 0 aliphatic carbocycles. The van der Waals surface area contributed by atoms with E-state index in [-0.39, 0.29) is 44.6 Å². The molecule has 0 saturated heterocycles. The number of benzene rings is 7. The molecule has 0 atom stereocenters. The standard InChI is InChI=1S/C71H84BN3O/c1-65(2,3)46-28-26-44(27-29-46)43-22-24-45(25-23-43)64-73-57-42-59-56(41-62(57)76-64)72-55-38-47(66(4,5)6)30-31-58(55)74(53-34-48(67(7,8)9)32-49(35-53)68(10,11)12)60-39-52(71(19,20)21)40-61(63(60)72)75(59)54-36-50(69(13,14)15)33-51(37-54)70(16,17)18/h22-42H,1-21H3. The second-order valence-corrected chi connectivity index (χ2v) is 29.6. The summed E-state index contributed by atoms with van der Waals surface area (Å²) in [6.07, 6.45) is 0. The van der Waals surface area contributed by atoms with Crippen molar-refractivity contribution in [3.8, 4) is 22.6 Å². The van der Waals surface area contributed by atoms with Crippen molar-refractivity contribution in [3.05, 3.63) is 166 Å². The van der Waals surface area contributed by atoms with Gasteiger partial charge in [0.2, 0.25) is 5.89 Å². The van der Waals surface area contributed by atoms with E-state index in [0.29, 0.717) is 5.89 Å². The van der Waals surface area contributed by atoms with E-state index in [9.17, 15) is 0 Å². The van der Waals surface area contributed by atoms with Crippen LogP contribution in [0, 0.1) is 0 Å². The molecule has 0 saturated carbocycles. The Bertz CT molecular complexity index is 3500. The lowest BCUT2D eigenvalue weighted by Crippen LogP contribution is -2.61. The van der Waals surface area contributed by atoms with Crippen LogP contribution in [0.1, 0.15) is 184 Å². The van der Waals surface area contributed by atoms with Crippen molar-refractivity contribution in [1.82, 2.24) is 4.98 Å². The van der Waals surface area contributed by atoms with Crippen molar-refractivity contribution in [2.45, 2.75) is 183 Å². The van der Waals surface area contributed by atoms with Gasteiger partial charge in [-0.2, -0.15) is 0 Å². The Hall–Kier alpha value is -6.33. The van der Waals surface area contributed by atoms with Crippen molar-refractivity contribution >= 4 is 68.3 Å². The average Bonchev–Trinajstić information content (AvgIpc) is 3.87. The predicted molar refractivity (Wildman–Crippen MR) is 330 cm³/mol. The summed E-state index contributed by atoms with van der Waals surface area (Å²) < 4.78 is 6.99. The summed E-state index contributed by atoms with van der Waals surface area (Å²) in [6, 6.07) is 49.5. The van der Waals surface area contributed by atoms with Gasteiger partial charge in [-0.3, -0.25) is 0 Å². The first-order valence-electron chi connectivity index (χ1n) is 28.0. The number of nitrogens with zero attached hydrogens (tertiary/aromatic N) is 3. The molecule has 10 rings (SSSR count). The number of rotatable bonds is 4. The van der Waals surface area contributed by atoms with E-state index in [2.05, 4.69) is 283 Å². The number of aromatic nitrogens is 1. The topological polar surface area (TPSA) is 32.5 Å². The predicted octanol–water partition coefficient (Wildman–Crippen LogP) is 18.3. The number of fused-ring (bicyclic) bond motifs is 5. The highest BCUT2D eigenvalue weighted by atomic mass is 16.3. The van der Waals surface area contributed by atoms with Gasteiger partial charge in [0.1, 0.15) is 5.52 Å². The molecule has 392 valence electrons. The van der Waals surface area contributed by atoms with Gasteiger partial charge in [0.15, 0.2) is 5.58 Å². The molecule has 4 nitrogen and oxygen atoms in total. The van der Waals surface area contributed by atoms with Crippen LogP contribution in [0.2, 0.25) is 0 Å². The van der Waals surface area contributed by atoms with Gasteiger partial charge in [0.05, 0.1) is 0 Å². The molecule has 0 amide bonds. The van der Waals surface area contributed by atoms with Gasteiger partial charge in [-0.25, -0.2) is 4.98 Å². The zero-order chi connectivity index (χ0) is 55.2. The Morgan fingerprint density at radius 1 is 0.329 bits per heavy atom. The fourth-order valence-electron chi connectivity index (χ4n) is 11.2. The number of oxazole rings is 1. The molecule has 1 aromatic heterocycles. The molecule has 0 fully saturated rings. The molecule has 0 N–H and O–H groups in total. The summed E-state index contributed by atoms with van der Waals surface area (Å²) in [6.45, 7) is 48.9. The van der Waals surface area contributed by atoms with Crippen molar-refractivity contribution in [2.75, 3.05) is 9.80 Å². The molecule has 0 bridgehead atoms. The van der Waals surface area contributed by atoms with Crippen LogP contribution in [-0.4, -0.2) is 11.7 Å². The SMILES string of the molecule is CC(C)(C)c1ccc(-c2ccc(-c3nc4cc5c(cc4o3)B3c4cc(C(C)(C)C)ccc4N(c4cc(C(C)(C)C)cc(C(C)(C)C)c4)c4cc(C(C)(C)C)cc(c43)N5c3cc(C(C)(C)C)cc(C(C)(C)C)c3)cc2)cc1. The quantitative estimate of drug-likeness (QED) is 0.165. The molecular weight excluding hydrogens is 922 g/mol. The molecule has 0 spiro atoms. The lowest BCUT2D eigenvalue weighted by molar-refractivity contribution is 0.568. The van der Waals surface area contributed by atoms with E-state index in [1.807, 2.05) is 0 Å². The highest BCUT2D eigenvalue weighted by molar-refractivity contribution is 7.00. The Morgan fingerprint density at radius 3 is 1.13 bits per heavy atom. The van der Waals surface area contributed by atoms with E-state index >= 15 is 0 Å². The second kappa shape index (κ2) is 17.6. The Morgan fingerprint density at radius 2 is 0.697 bits per heavy atom. The average molecular weight is 1010 g/mol. The van der Waals surface area contributed by atoms with Crippen molar-refractivity contribution in [1.29, 1.82) is 0 Å². The zero-order valence-corrected chi connectivity index (χ0v) is 50.0. The fraction of sp³-hybridized carbons (Fsp3) is 0.394. The summed E-state index contributed by atoms with van der Waals surface area (Å²) in [4.78, 5) is 10.6. The van der Waals surface area contributed by atoms with Crippen molar-refractivity contribution < 1.29 is 4.42 Å². The van der Waals surface area contributed by atoms with Gasteiger partial charge in [0.25, 0.3) is 6.71 Å².